The maximum Gasteiger partial charge on any atom is 0.307 e. The molecule has 1 N–H and O–H groups in total. The van der Waals surface area contributed by atoms with E-state index < -0.39 is 5.97 Å². The number of hydrogen-bond acceptors (Lipinski definition) is 2. The van der Waals surface area contributed by atoms with Gasteiger partial charge in [-0.3, -0.25) is 4.79 Å². The lowest BCUT2D eigenvalue weighted by atomic mass is 9.91. The van der Waals surface area contributed by atoms with Crippen molar-refractivity contribution in [3.8, 4) is 0 Å². The van der Waals surface area contributed by atoms with Gasteiger partial charge in [-0.15, -0.1) is 0 Å². The van der Waals surface area contributed by atoms with Crippen molar-refractivity contribution in [1.29, 1.82) is 0 Å². The first-order valence-corrected chi connectivity index (χ1v) is 6.28. The van der Waals surface area contributed by atoms with Crippen LogP contribution in [0, 0.1) is 0 Å². The molecule has 0 saturated carbocycles. The number of carbonyl (C=O) groups is 1. The van der Waals surface area contributed by atoms with Gasteiger partial charge >= 0.3 is 5.97 Å². The standard InChI is InChI=1S/C16H14O3/c17-15(18)10-12-9-14(11-5-2-1-3-6-11)13-7-4-8-19-16(12)13/h1-8,14H,9-10H2,(H,17,18). The molecule has 0 amide bonds. The molecule has 1 aliphatic carbocycles. The minimum atomic E-state index is -0.811. The van der Waals surface area contributed by atoms with Gasteiger partial charge in [0.05, 0.1) is 12.7 Å². The molecule has 96 valence electrons. The molecule has 19 heavy (non-hydrogen) atoms. The second kappa shape index (κ2) is 4.76. The van der Waals surface area contributed by atoms with Gasteiger partial charge in [0, 0.05) is 11.5 Å². The summed E-state index contributed by atoms with van der Waals surface area (Å²) < 4.78 is 5.53. The van der Waals surface area contributed by atoms with Crippen molar-refractivity contribution in [2.24, 2.45) is 0 Å². The number of aliphatic carboxylic acids is 1. The van der Waals surface area contributed by atoms with Crippen molar-refractivity contribution in [2.75, 3.05) is 0 Å². The number of benzene rings is 1. The summed E-state index contributed by atoms with van der Waals surface area (Å²) in [6.45, 7) is 0. The van der Waals surface area contributed by atoms with Crippen molar-refractivity contribution in [1.82, 2.24) is 0 Å². The summed E-state index contributed by atoms with van der Waals surface area (Å²) in [5.41, 5.74) is 3.16. The Labute approximate surface area is 111 Å². The van der Waals surface area contributed by atoms with E-state index in [-0.39, 0.29) is 12.3 Å². The maximum absolute atomic E-state index is 10.9. The van der Waals surface area contributed by atoms with Crippen LogP contribution in [-0.4, -0.2) is 11.1 Å². The smallest absolute Gasteiger partial charge is 0.307 e. The number of carboxylic acids is 1. The Morgan fingerprint density at radius 1 is 1.32 bits per heavy atom. The van der Waals surface area contributed by atoms with Crippen LogP contribution in [0.1, 0.15) is 24.3 Å². The first kappa shape index (κ1) is 11.8. The van der Waals surface area contributed by atoms with E-state index in [0.29, 0.717) is 0 Å². The molecule has 0 bridgehead atoms. The zero-order valence-corrected chi connectivity index (χ0v) is 10.4. The second-order valence-electron chi connectivity index (χ2n) is 4.74. The van der Waals surface area contributed by atoms with Crippen LogP contribution in [0.15, 0.2) is 65.7 Å². The lowest BCUT2D eigenvalue weighted by Crippen LogP contribution is -2.00. The van der Waals surface area contributed by atoms with Gasteiger partial charge in [0.1, 0.15) is 5.76 Å². The number of hydrogen-bond donors (Lipinski definition) is 1. The fraction of sp³-hybridized carbons (Fsp3) is 0.188. The summed E-state index contributed by atoms with van der Waals surface area (Å²) in [5, 5.41) is 8.99. The van der Waals surface area contributed by atoms with Gasteiger partial charge in [-0.1, -0.05) is 36.4 Å². The van der Waals surface area contributed by atoms with Crippen LogP contribution in [-0.2, 0) is 9.53 Å². The fourth-order valence-electron chi connectivity index (χ4n) is 2.72. The summed E-state index contributed by atoms with van der Waals surface area (Å²) in [7, 11) is 0. The molecule has 0 saturated heterocycles. The molecule has 0 fully saturated rings. The van der Waals surface area contributed by atoms with Crippen LogP contribution in [0.2, 0.25) is 0 Å². The molecule has 1 aromatic rings. The molecule has 3 nitrogen and oxygen atoms in total. The monoisotopic (exact) mass is 254 g/mol. The molecule has 1 aliphatic heterocycles. The lowest BCUT2D eigenvalue weighted by molar-refractivity contribution is -0.136. The molecule has 0 spiro atoms. The van der Waals surface area contributed by atoms with E-state index in [2.05, 4.69) is 12.1 Å². The van der Waals surface area contributed by atoms with Crippen molar-refractivity contribution < 1.29 is 14.6 Å². The zero-order valence-electron chi connectivity index (χ0n) is 10.4. The lowest BCUT2D eigenvalue weighted by Gasteiger charge is -2.16. The average molecular weight is 254 g/mol. The summed E-state index contributed by atoms with van der Waals surface area (Å²) >= 11 is 0. The molecule has 1 atom stereocenters. The molecule has 1 aromatic carbocycles. The number of fused-ring (bicyclic) bond motifs is 1. The quantitative estimate of drug-likeness (QED) is 0.899. The van der Waals surface area contributed by atoms with Gasteiger partial charge in [-0.05, 0) is 23.6 Å². The Bertz CT molecular complexity index is 594. The third kappa shape index (κ3) is 2.19. The topological polar surface area (TPSA) is 46.5 Å². The van der Waals surface area contributed by atoms with Crippen LogP contribution in [0.4, 0.5) is 0 Å². The van der Waals surface area contributed by atoms with Crippen LogP contribution in [0.3, 0.4) is 0 Å². The van der Waals surface area contributed by atoms with E-state index in [1.165, 1.54) is 5.56 Å². The summed E-state index contributed by atoms with van der Waals surface area (Å²) in [6.07, 6.45) is 6.25. The maximum atomic E-state index is 10.9. The van der Waals surface area contributed by atoms with E-state index in [1.807, 2.05) is 30.4 Å². The number of allylic oxidation sites excluding steroid dienone is 3. The number of carboxylic acid groups (broad SMARTS) is 1. The molecule has 0 aromatic heterocycles. The van der Waals surface area contributed by atoms with Gasteiger partial charge in [-0.2, -0.15) is 0 Å². The van der Waals surface area contributed by atoms with Crippen LogP contribution in [0.5, 0.6) is 0 Å². The molecule has 3 heteroatoms. The summed E-state index contributed by atoms with van der Waals surface area (Å²) in [5.74, 6) is 0.142. The van der Waals surface area contributed by atoms with Gasteiger partial charge in [0.2, 0.25) is 0 Å². The van der Waals surface area contributed by atoms with Gasteiger partial charge in [0.15, 0.2) is 0 Å². The molecule has 1 unspecified atom stereocenters. The van der Waals surface area contributed by atoms with Crippen molar-refractivity contribution in [2.45, 2.75) is 18.8 Å². The molecule has 1 heterocycles. The van der Waals surface area contributed by atoms with Crippen LogP contribution in [0.25, 0.3) is 0 Å². The SMILES string of the molecule is O=C(O)CC1=C2OC=CC=C2C(c2ccccc2)C1. The average Bonchev–Trinajstić information content (AvgIpc) is 2.78. The summed E-state index contributed by atoms with van der Waals surface area (Å²) in [6, 6.07) is 10.1. The Hall–Kier alpha value is -2.29. The molecule has 2 aliphatic rings. The third-order valence-electron chi connectivity index (χ3n) is 3.52. The number of rotatable bonds is 3. The van der Waals surface area contributed by atoms with E-state index >= 15 is 0 Å². The van der Waals surface area contributed by atoms with Crippen LogP contribution < -0.4 is 0 Å². The minimum absolute atomic E-state index is 0.0455. The highest BCUT2D eigenvalue weighted by molar-refractivity contribution is 5.71. The molecular formula is C16H14O3. The summed E-state index contributed by atoms with van der Waals surface area (Å²) in [4.78, 5) is 10.9. The number of ether oxygens (including phenoxy) is 1. The predicted molar refractivity (Wildman–Crippen MR) is 71.4 cm³/mol. The Morgan fingerprint density at radius 3 is 2.84 bits per heavy atom. The first-order chi connectivity index (χ1) is 9.25. The highest BCUT2D eigenvalue weighted by Crippen LogP contribution is 2.45. The van der Waals surface area contributed by atoms with Gasteiger partial charge < -0.3 is 9.84 Å². The van der Waals surface area contributed by atoms with Gasteiger partial charge in [0.25, 0.3) is 0 Å². The Balaban J connectivity index is 1.97. The predicted octanol–water partition coefficient (Wildman–Crippen LogP) is 3.37. The normalized spacial score (nSPS) is 20.8. The van der Waals surface area contributed by atoms with Crippen LogP contribution >= 0.6 is 0 Å². The highest BCUT2D eigenvalue weighted by Gasteiger charge is 2.33. The van der Waals surface area contributed by atoms with Crippen molar-refractivity contribution >= 4 is 5.97 Å². The minimum Gasteiger partial charge on any atom is -0.481 e. The van der Waals surface area contributed by atoms with E-state index in [4.69, 9.17) is 9.84 Å². The van der Waals surface area contributed by atoms with Crippen molar-refractivity contribution in [3.05, 3.63) is 71.2 Å². The largest absolute Gasteiger partial charge is 0.481 e. The van der Waals surface area contributed by atoms with Crippen molar-refractivity contribution in [3.63, 3.8) is 0 Å². The molecule has 0 radical (unpaired) electrons. The third-order valence-corrected chi connectivity index (χ3v) is 3.52. The molecular weight excluding hydrogens is 240 g/mol. The zero-order chi connectivity index (χ0) is 13.2. The first-order valence-electron chi connectivity index (χ1n) is 6.28. The van der Waals surface area contributed by atoms with E-state index in [9.17, 15) is 4.79 Å². The van der Waals surface area contributed by atoms with E-state index in [1.54, 1.807) is 6.26 Å². The Morgan fingerprint density at radius 2 is 2.11 bits per heavy atom. The fourth-order valence-corrected chi connectivity index (χ4v) is 2.72. The second-order valence-corrected chi connectivity index (χ2v) is 4.74. The Kier molecular flexibility index (Phi) is 2.95. The van der Waals surface area contributed by atoms with E-state index in [0.717, 1.165) is 23.3 Å². The molecule has 3 rings (SSSR count). The highest BCUT2D eigenvalue weighted by atomic mass is 16.5. The van der Waals surface area contributed by atoms with Gasteiger partial charge in [-0.25, -0.2) is 0 Å².